The summed E-state index contributed by atoms with van der Waals surface area (Å²) < 4.78 is 1.95. The SMILES string of the molecule is CC(C)NCc1cccc(-n2ccc(C(C)C)n2)c1. The first-order chi connectivity index (χ1) is 9.06. The molecule has 0 radical (unpaired) electrons. The van der Waals surface area contributed by atoms with Crippen LogP contribution in [0.4, 0.5) is 0 Å². The second-order valence-corrected chi connectivity index (χ2v) is 5.55. The Hall–Kier alpha value is -1.61. The van der Waals surface area contributed by atoms with Gasteiger partial charge in [0, 0.05) is 18.8 Å². The molecule has 1 aromatic heterocycles. The molecule has 0 bridgehead atoms. The van der Waals surface area contributed by atoms with Gasteiger partial charge < -0.3 is 5.32 Å². The largest absolute Gasteiger partial charge is 0.310 e. The van der Waals surface area contributed by atoms with E-state index in [-0.39, 0.29) is 0 Å². The number of hydrogen-bond acceptors (Lipinski definition) is 2. The highest BCUT2D eigenvalue weighted by molar-refractivity contribution is 5.35. The van der Waals surface area contributed by atoms with Crippen LogP contribution in [-0.4, -0.2) is 15.8 Å². The molecular weight excluding hydrogens is 234 g/mol. The Balaban J connectivity index is 2.17. The van der Waals surface area contributed by atoms with Crippen LogP contribution in [0.25, 0.3) is 5.69 Å². The van der Waals surface area contributed by atoms with E-state index in [2.05, 4.69) is 68.4 Å². The van der Waals surface area contributed by atoms with Crippen LogP contribution in [-0.2, 0) is 6.54 Å². The molecule has 0 atom stereocenters. The first-order valence-electron chi connectivity index (χ1n) is 6.94. The molecule has 3 heteroatoms. The van der Waals surface area contributed by atoms with Gasteiger partial charge in [-0.25, -0.2) is 4.68 Å². The maximum absolute atomic E-state index is 4.61. The third-order valence-electron chi connectivity index (χ3n) is 3.09. The predicted molar refractivity (Wildman–Crippen MR) is 79.6 cm³/mol. The number of aromatic nitrogens is 2. The molecule has 102 valence electrons. The van der Waals surface area contributed by atoms with Crippen LogP contribution in [0.2, 0.25) is 0 Å². The normalized spacial score (nSPS) is 11.5. The molecule has 3 nitrogen and oxygen atoms in total. The van der Waals surface area contributed by atoms with Gasteiger partial charge in [-0.15, -0.1) is 0 Å². The molecular formula is C16H23N3. The molecule has 2 aromatic rings. The zero-order valence-electron chi connectivity index (χ0n) is 12.2. The molecule has 2 rings (SSSR count). The topological polar surface area (TPSA) is 29.9 Å². The number of nitrogens with one attached hydrogen (secondary N) is 1. The van der Waals surface area contributed by atoms with Crippen molar-refractivity contribution < 1.29 is 0 Å². The van der Waals surface area contributed by atoms with Crippen molar-refractivity contribution in [2.24, 2.45) is 0 Å². The van der Waals surface area contributed by atoms with Crippen LogP contribution in [0.5, 0.6) is 0 Å². The fourth-order valence-corrected chi connectivity index (χ4v) is 1.92. The first kappa shape index (κ1) is 13.8. The van der Waals surface area contributed by atoms with E-state index < -0.39 is 0 Å². The Morgan fingerprint density at radius 3 is 2.58 bits per heavy atom. The number of benzene rings is 1. The molecule has 0 saturated carbocycles. The zero-order chi connectivity index (χ0) is 13.8. The summed E-state index contributed by atoms with van der Waals surface area (Å²) in [5, 5.41) is 8.05. The summed E-state index contributed by atoms with van der Waals surface area (Å²) in [7, 11) is 0. The lowest BCUT2D eigenvalue weighted by Gasteiger charge is -2.09. The van der Waals surface area contributed by atoms with E-state index in [0.717, 1.165) is 17.9 Å². The zero-order valence-corrected chi connectivity index (χ0v) is 12.2. The van der Waals surface area contributed by atoms with E-state index in [1.54, 1.807) is 0 Å². The highest BCUT2D eigenvalue weighted by Gasteiger charge is 2.05. The van der Waals surface area contributed by atoms with Crippen molar-refractivity contribution in [1.82, 2.24) is 15.1 Å². The van der Waals surface area contributed by atoms with Crippen LogP contribution in [0.3, 0.4) is 0 Å². The van der Waals surface area contributed by atoms with Gasteiger partial charge in [-0.3, -0.25) is 0 Å². The van der Waals surface area contributed by atoms with Gasteiger partial charge in [0.15, 0.2) is 0 Å². The van der Waals surface area contributed by atoms with E-state index >= 15 is 0 Å². The van der Waals surface area contributed by atoms with E-state index in [1.165, 1.54) is 5.56 Å². The van der Waals surface area contributed by atoms with Gasteiger partial charge in [0.05, 0.1) is 11.4 Å². The summed E-state index contributed by atoms with van der Waals surface area (Å²) >= 11 is 0. The van der Waals surface area contributed by atoms with E-state index in [4.69, 9.17) is 0 Å². The highest BCUT2D eigenvalue weighted by Crippen LogP contribution is 2.15. The third-order valence-corrected chi connectivity index (χ3v) is 3.09. The summed E-state index contributed by atoms with van der Waals surface area (Å²) in [6.07, 6.45) is 2.03. The predicted octanol–water partition coefficient (Wildman–Crippen LogP) is 3.49. The molecule has 0 unspecified atom stereocenters. The maximum Gasteiger partial charge on any atom is 0.0654 e. The Kier molecular flexibility index (Phi) is 4.38. The first-order valence-corrected chi connectivity index (χ1v) is 6.94. The summed E-state index contributed by atoms with van der Waals surface area (Å²) in [6.45, 7) is 9.54. The van der Waals surface area contributed by atoms with Gasteiger partial charge in [-0.1, -0.05) is 39.8 Å². The fourth-order valence-electron chi connectivity index (χ4n) is 1.92. The summed E-state index contributed by atoms with van der Waals surface area (Å²) in [5.41, 5.74) is 3.54. The summed E-state index contributed by atoms with van der Waals surface area (Å²) in [6, 6.07) is 11.1. The van der Waals surface area contributed by atoms with Crippen molar-refractivity contribution in [3.8, 4) is 5.69 Å². The van der Waals surface area contributed by atoms with E-state index in [0.29, 0.717) is 12.0 Å². The van der Waals surface area contributed by atoms with Gasteiger partial charge in [-0.05, 0) is 29.7 Å². The van der Waals surface area contributed by atoms with Gasteiger partial charge in [0.25, 0.3) is 0 Å². The van der Waals surface area contributed by atoms with Gasteiger partial charge in [0.1, 0.15) is 0 Å². The minimum absolute atomic E-state index is 0.465. The second-order valence-electron chi connectivity index (χ2n) is 5.55. The van der Waals surface area contributed by atoms with Crippen molar-refractivity contribution in [2.75, 3.05) is 0 Å². The molecule has 1 aromatic carbocycles. The molecule has 0 spiro atoms. The monoisotopic (exact) mass is 257 g/mol. The number of hydrogen-bond donors (Lipinski definition) is 1. The van der Waals surface area contributed by atoms with Crippen LogP contribution >= 0.6 is 0 Å². The summed E-state index contributed by atoms with van der Waals surface area (Å²) in [4.78, 5) is 0. The number of rotatable bonds is 5. The lowest BCUT2D eigenvalue weighted by Crippen LogP contribution is -2.21. The standard InChI is InChI=1S/C16H23N3/c1-12(2)16-8-9-19(18-16)15-7-5-6-14(10-15)11-17-13(3)4/h5-10,12-13,17H,11H2,1-4H3. The average molecular weight is 257 g/mol. The van der Waals surface area contributed by atoms with E-state index in [1.807, 2.05) is 10.9 Å². The third kappa shape index (κ3) is 3.67. The molecule has 19 heavy (non-hydrogen) atoms. The molecule has 1 heterocycles. The van der Waals surface area contributed by atoms with Crippen molar-refractivity contribution in [3.05, 3.63) is 47.8 Å². The highest BCUT2D eigenvalue weighted by atomic mass is 15.3. The Labute approximate surface area is 115 Å². The van der Waals surface area contributed by atoms with Crippen molar-refractivity contribution in [1.29, 1.82) is 0 Å². The Morgan fingerprint density at radius 2 is 1.95 bits per heavy atom. The second kappa shape index (κ2) is 6.02. The van der Waals surface area contributed by atoms with Crippen LogP contribution < -0.4 is 5.32 Å². The lowest BCUT2D eigenvalue weighted by molar-refractivity contribution is 0.588. The quantitative estimate of drug-likeness (QED) is 0.888. The summed E-state index contributed by atoms with van der Waals surface area (Å²) in [5.74, 6) is 0.465. The number of nitrogens with zero attached hydrogens (tertiary/aromatic N) is 2. The van der Waals surface area contributed by atoms with Crippen LogP contribution in [0.15, 0.2) is 36.5 Å². The van der Waals surface area contributed by atoms with Gasteiger partial charge in [0.2, 0.25) is 0 Å². The minimum Gasteiger partial charge on any atom is -0.310 e. The Morgan fingerprint density at radius 1 is 1.16 bits per heavy atom. The van der Waals surface area contributed by atoms with Crippen molar-refractivity contribution in [3.63, 3.8) is 0 Å². The Bertz CT molecular complexity index is 526. The lowest BCUT2D eigenvalue weighted by atomic mass is 10.1. The van der Waals surface area contributed by atoms with Crippen LogP contribution in [0, 0.1) is 0 Å². The van der Waals surface area contributed by atoms with Crippen molar-refractivity contribution >= 4 is 0 Å². The van der Waals surface area contributed by atoms with Gasteiger partial charge >= 0.3 is 0 Å². The molecule has 0 aliphatic carbocycles. The van der Waals surface area contributed by atoms with Crippen molar-refractivity contribution in [2.45, 2.75) is 46.2 Å². The molecule has 1 N–H and O–H groups in total. The minimum atomic E-state index is 0.465. The molecule has 0 fully saturated rings. The van der Waals surface area contributed by atoms with E-state index in [9.17, 15) is 0 Å². The molecule has 0 aliphatic heterocycles. The molecule has 0 saturated heterocycles. The fraction of sp³-hybridized carbons (Fsp3) is 0.438. The molecule has 0 aliphatic rings. The van der Waals surface area contributed by atoms with Crippen LogP contribution in [0.1, 0.15) is 44.9 Å². The average Bonchev–Trinajstić information content (AvgIpc) is 2.86. The maximum atomic E-state index is 4.61. The molecule has 0 amide bonds. The van der Waals surface area contributed by atoms with Gasteiger partial charge in [-0.2, -0.15) is 5.10 Å². The smallest absolute Gasteiger partial charge is 0.0654 e.